The van der Waals surface area contributed by atoms with Crippen LogP contribution in [0.3, 0.4) is 0 Å². The smallest absolute Gasteiger partial charge is 0.312 e. The van der Waals surface area contributed by atoms with E-state index in [1.54, 1.807) is 24.8 Å². The van der Waals surface area contributed by atoms with Crippen LogP contribution in [-0.2, 0) is 28.6 Å². The molecule has 4 aliphatic rings. The van der Waals surface area contributed by atoms with Crippen LogP contribution in [0, 0.1) is 17.8 Å². The first-order valence-electron chi connectivity index (χ1n) is 13.2. The van der Waals surface area contributed by atoms with Crippen LogP contribution < -0.4 is 0 Å². The van der Waals surface area contributed by atoms with Crippen molar-refractivity contribution in [1.82, 2.24) is 14.7 Å². The van der Waals surface area contributed by atoms with Gasteiger partial charge in [0.15, 0.2) is 0 Å². The van der Waals surface area contributed by atoms with E-state index in [1.807, 2.05) is 13.8 Å². The SMILES string of the molecule is C=CCN(CCN1CCOCC1)C(=O)C1N([C@H](C)CO)C(=O)[C@@H]2[C@H](C(=O)OCC)[C@@]3(C)OC12CC3C. The summed E-state index contributed by atoms with van der Waals surface area (Å²) >= 11 is 0. The van der Waals surface area contributed by atoms with Gasteiger partial charge in [-0.3, -0.25) is 19.3 Å². The average molecular weight is 508 g/mol. The summed E-state index contributed by atoms with van der Waals surface area (Å²) in [7, 11) is 0. The normalized spacial score (nSPS) is 36.6. The zero-order chi connectivity index (χ0) is 26.3. The second-order valence-electron chi connectivity index (χ2n) is 10.8. The van der Waals surface area contributed by atoms with Crippen LogP contribution in [0.4, 0.5) is 0 Å². The molecule has 4 fully saturated rings. The molecule has 3 unspecified atom stereocenters. The molecule has 202 valence electrons. The Hall–Kier alpha value is -2.01. The van der Waals surface area contributed by atoms with Crippen LogP contribution >= 0.6 is 0 Å². The Morgan fingerprint density at radius 1 is 1.36 bits per heavy atom. The lowest BCUT2D eigenvalue weighted by molar-refractivity contribution is -0.163. The summed E-state index contributed by atoms with van der Waals surface area (Å²) in [6.07, 6.45) is 2.16. The molecule has 10 nitrogen and oxygen atoms in total. The summed E-state index contributed by atoms with van der Waals surface area (Å²) in [5.41, 5.74) is -2.06. The quantitative estimate of drug-likeness (QED) is 0.332. The van der Waals surface area contributed by atoms with Gasteiger partial charge < -0.3 is 29.1 Å². The number of carbonyl (C=O) groups is 3. The van der Waals surface area contributed by atoms with Gasteiger partial charge in [0, 0.05) is 32.7 Å². The number of carbonyl (C=O) groups excluding carboxylic acids is 3. The van der Waals surface area contributed by atoms with E-state index in [2.05, 4.69) is 11.5 Å². The Morgan fingerprint density at radius 2 is 2.06 bits per heavy atom. The highest BCUT2D eigenvalue weighted by atomic mass is 16.6. The van der Waals surface area contributed by atoms with E-state index in [4.69, 9.17) is 14.2 Å². The number of morpholine rings is 1. The molecule has 0 aliphatic carbocycles. The van der Waals surface area contributed by atoms with Crippen molar-refractivity contribution >= 4 is 17.8 Å². The van der Waals surface area contributed by atoms with E-state index in [-0.39, 0.29) is 30.9 Å². The Morgan fingerprint density at radius 3 is 2.67 bits per heavy atom. The van der Waals surface area contributed by atoms with Gasteiger partial charge in [-0.2, -0.15) is 0 Å². The van der Waals surface area contributed by atoms with Crippen molar-refractivity contribution in [2.75, 3.05) is 59.2 Å². The first-order valence-corrected chi connectivity index (χ1v) is 13.2. The standard InChI is InChI=1S/C26H41N3O7/c1-6-8-28(10-9-27-11-13-34-14-12-27)23(32)21-26-15-17(3)25(5,36-26)20(24(33)35-7-2)19(26)22(31)29(21)18(4)16-30/h6,17-21,30H,1,7-16H2,2-5H3/t17?,18-,19+,20-,21?,25+,26?/m1/s1. The molecule has 0 aromatic rings. The molecule has 4 rings (SSSR count). The van der Waals surface area contributed by atoms with Crippen LogP contribution in [0.25, 0.3) is 0 Å². The minimum Gasteiger partial charge on any atom is -0.466 e. The van der Waals surface area contributed by atoms with Crippen molar-refractivity contribution in [2.24, 2.45) is 17.8 Å². The molecule has 4 saturated heterocycles. The summed E-state index contributed by atoms with van der Waals surface area (Å²) in [6, 6.07) is -1.55. The Kier molecular flexibility index (Phi) is 7.81. The second kappa shape index (κ2) is 10.4. The number of hydrogen-bond donors (Lipinski definition) is 1. The van der Waals surface area contributed by atoms with Gasteiger partial charge in [-0.15, -0.1) is 6.58 Å². The molecule has 4 heterocycles. The number of fused-ring (bicyclic) bond motifs is 1. The molecule has 0 radical (unpaired) electrons. The van der Waals surface area contributed by atoms with E-state index < -0.39 is 41.1 Å². The maximum Gasteiger partial charge on any atom is 0.312 e. The summed E-state index contributed by atoms with van der Waals surface area (Å²) in [5.74, 6) is -2.72. The van der Waals surface area contributed by atoms with Gasteiger partial charge in [0.25, 0.3) is 0 Å². The number of likely N-dealkylation sites (tertiary alicyclic amines) is 1. The third-order valence-electron chi connectivity index (χ3n) is 8.72. The van der Waals surface area contributed by atoms with Gasteiger partial charge in [-0.05, 0) is 33.1 Å². The predicted molar refractivity (Wildman–Crippen MR) is 131 cm³/mol. The maximum absolute atomic E-state index is 14.3. The van der Waals surface area contributed by atoms with Gasteiger partial charge >= 0.3 is 5.97 Å². The van der Waals surface area contributed by atoms with Gasteiger partial charge in [0.1, 0.15) is 17.6 Å². The van der Waals surface area contributed by atoms with E-state index in [0.29, 0.717) is 39.3 Å². The van der Waals surface area contributed by atoms with Crippen molar-refractivity contribution in [3.05, 3.63) is 12.7 Å². The highest BCUT2D eigenvalue weighted by molar-refractivity contribution is 5.98. The first-order chi connectivity index (χ1) is 17.2. The highest BCUT2D eigenvalue weighted by Crippen LogP contribution is 2.65. The monoisotopic (exact) mass is 507 g/mol. The maximum atomic E-state index is 14.3. The molecular weight excluding hydrogens is 466 g/mol. The number of hydrogen-bond acceptors (Lipinski definition) is 8. The van der Waals surface area contributed by atoms with Crippen LogP contribution in [0.15, 0.2) is 12.7 Å². The third-order valence-corrected chi connectivity index (χ3v) is 8.72. The zero-order valence-electron chi connectivity index (χ0n) is 22.0. The molecule has 0 aromatic carbocycles. The van der Waals surface area contributed by atoms with Crippen LogP contribution in [0.2, 0.25) is 0 Å². The fourth-order valence-corrected chi connectivity index (χ4v) is 6.82. The summed E-state index contributed by atoms with van der Waals surface area (Å²) in [5, 5.41) is 10.0. The molecular formula is C26H41N3O7. The van der Waals surface area contributed by atoms with E-state index in [0.717, 1.165) is 13.1 Å². The van der Waals surface area contributed by atoms with Crippen molar-refractivity contribution in [1.29, 1.82) is 0 Å². The van der Waals surface area contributed by atoms with Gasteiger partial charge in [0.2, 0.25) is 11.8 Å². The molecule has 0 saturated carbocycles. The lowest BCUT2D eigenvalue weighted by Gasteiger charge is -2.39. The van der Waals surface area contributed by atoms with Crippen molar-refractivity contribution in [2.45, 2.75) is 57.4 Å². The van der Waals surface area contributed by atoms with Crippen molar-refractivity contribution in [3.63, 3.8) is 0 Å². The number of esters is 1. The predicted octanol–water partition coefficient (Wildman–Crippen LogP) is 0.288. The average Bonchev–Trinajstić information content (AvgIpc) is 3.38. The van der Waals surface area contributed by atoms with Crippen molar-refractivity contribution < 1.29 is 33.7 Å². The lowest BCUT2D eigenvalue weighted by atomic mass is 9.62. The molecule has 4 aliphatic heterocycles. The Balaban J connectivity index is 1.70. The number of rotatable bonds is 10. The molecule has 7 atom stereocenters. The fourth-order valence-electron chi connectivity index (χ4n) is 6.82. The molecule has 1 spiro atoms. The van der Waals surface area contributed by atoms with Gasteiger partial charge in [-0.1, -0.05) is 13.0 Å². The first kappa shape index (κ1) is 27.0. The van der Waals surface area contributed by atoms with Crippen molar-refractivity contribution in [3.8, 4) is 0 Å². The van der Waals surface area contributed by atoms with Crippen LogP contribution in [0.5, 0.6) is 0 Å². The Bertz CT molecular complexity index is 878. The number of aliphatic hydroxyl groups is 1. The third kappa shape index (κ3) is 4.15. The van der Waals surface area contributed by atoms with Crippen LogP contribution in [0.1, 0.15) is 34.1 Å². The fraction of sp³-hybridized carbons (Fsp3) is 0.808. The highest BCUT2D eigenvalue weighted by Gasteiger charge is 2.80. The molecule has 36 heavy (non-hydrogen) atoms. The number of nitrogens with zero attached hydrogens (tertiary/aromatic N) is 3. The zero-order valence-corrected chi connectivity index (χ0v) is 22.0. The minimum absolute atomic E-state index is 0.0585. The number of amides is 2. The largest absolute Gasteiger partial charge is 0.466 e. The van der Waals surface area contributed by atoms with Gasteiger partial charge in [-0.25, -0.2) is 0 Å². The summed E-state index contributed by atoms with van der Waals surface area (Å²) in [4.78, 5) is 46.8. The number of aliphatic hydroxyl groups excluding tert-OH is 1. The van der Waals surface area contributed by atoms with Crippen LogP contribution in [-0.4, -0.2) is 120 Å². The number of ether oxygens (including phenoxy) is 3. The molecule has 1 N–H and O–H groups in total. The van der Waals surface area contributed by atoms with E-state index in [9.17, 15) is 19.5 Å². The topological polar surface area (TPSA) is 109 Å². The minimum atomic E-state index is -1.15. The molecule has 10 heteroatoms. The summed E-state index contributed by atoms with van der Waals surface area (Å²) in [6.45, 7) is 15.5. The van der Waals surface area contributed by atoms with E-state index >= 15 is 0 Å². The summed E-state index contributed by atoms with van der Waals surface area (Å²) < 4.78 is 17.5. The van der Waals surface area contributed by atoms with E-state index in [1.165, 1.54) is 4.90 Å². The molecule has 0 aromatic heterocycles. The lowest BCUT2D eigenvalue weighted by Crippen LogP contribution is -2.59. The molecule has 2 amide bonds. The second-order valence-corrected chi connectivity index (χ2v) is 10.8. The molecule has 2 bridgehead atoms. The Labute approximate surface area is 213 Å². The van der Waals surface area contributed by atoms with Gasteiger partial charge in [0.05, 0.1) is 44.0 Å².